The zero-order valence-electron chi connectivity index (χ0n) is 16.1. The fourth-order valence-corrected chi connectivity index (χ4v) is 3.78. The van der Waals surface area contributed by atoms with Crippen molar-refractivity contribution in [3.63, 3.8) is 0 Å². The van der Waals surface area contributed by atoms with E-state index in [4.69, 9.17) is 34.8 Å². The molecule has 0 bridgehead atoms. The molecule has 0 spiro atoms. The zero-order valence-corrected chi connectivity index (χ0v) is 18.4. The summed E-state index contributed by atoms with van der Waals surface area (Å²) in [6, 6.07) is 12.6. The average molecular weight is 454 g/mol. The second kappa shape index (κ2) is 10.3. The van der Waals surface area contributed by atoms with Crippen LogP contribution in [0.1, 0.15) is 44.2 Å². The minimum Gasteiger partial charge on any atom is -0.286 e. The molecule has 1 aliphatic rings. The van der Waals surface area contributed by atoms with Gasteiger partial charge in [0.2, 0.25) is 0 Å². The lowest BCUT2D eigenvalue weighted by Crippen LogP contribution is -2.41. The predicted octanol–water partition coefficient (Wildman–Crippen LogP) is 5.77. The fourth-order valence-electron chi connectivity index (χ4n) is 3.16. The number of halogens is 3. The summed E-state index contributed by atoms with van der Waals surface area (Å²) in [6.45, 7) is 2.86. The maximum absolute atomic E-state index is 12.6. The van der Waals surface area contributed by atoms with Crippen LogP contribution in [-0.2, 0) is 4.79 Å². The molecule has 0 aliphatic carbocycles. The van der Waals surface area contributed by atoms with Gasteiger partial charge in [-0.25, -0.2) is 5.43 Å². The van der Waals surface area contributed by atoms with Crippen LogP contribution in [0.25, 0.3) is 0 Å². The van der Waals surface area contributed by atoms with Gasteiger partial charge >= 0.3 is 0 Å². The van der Waals surface area contributed by atoms with Crippen molar-refractivity contribution in [2.75, 3.05) is 11.6 Å². The van der Waals surface area contributed by atoms with Crippen molar-refractivity contribution in [1.82, 2.24) is 10.9 Å². The van der Waals surface area contributed by atoms with Crippen molar-refractivity contribution in [2.24, 2.45) is 5.10 Å². The molecule has 5 nitrogen and oxygen atoms in total. The Morgan fingerprint density at radius 1 is 1.10 bits per heavy atom. The fraction of sp³-hybridized carbons (Fsp3) is 0.333. The van der Waals surface area contributed by atoms with E-state index in [1.165, 1.54) is 0 Å². The third-order valence-corrected chi connectivity index (χ3v) is 5.48. The first-order chi connectivity index (χ1) is 14.0. The van der Waals surface area contributed by atoms with Crippen LogP contribution in [0.3, 0.4) is 0 Å². The number of hydrogen-bond donors (Lipinski definition) is 2. The third-order valence-electron chi connectivity index (χ3n) is 4.69. The molecule has 0 radical (unpaired) electrons. The van der Waals surface area contributed by atoms with Crippen LogP contribution in [0.15, 0.2) is 47.6 Å². The largest absolute Gasteiger partial charge is 0.286 e. The van der Waals surface area contributed by atoms with E-state index in [1.807, 2.05) is 24.3 Å². The number of nitrogens with one attached hydrogen (secondary N) is 2. The number of anilines is 1. The molecule has 1 heterocycles. The van der Waals surface area contributed by atoms with Crippen molar-refractivity contribution in [2.45, 2.75) is 38.6 Å². The van der Waals surface area contributed by atoms with Crippen molar-refractivity contribution in [1.29, 1.82) is 0 Å². The Balaban J connectivity index is 1.81. The number of carbonyl (C=O) groups excluding carboxylic acids is 1. The maximum Gasteiger partial charge on any atom is 0.281 e. The van der Waals surface area contributed by atoms with Gasteiger partial charge in [0.25, 0.3) is 5.91 Å². The highest BCUT2D eigenvalue weighted by Crippen LogP contribution is 2.39. The third kappa shape index (κ3) is 5.64. The highest BCUT2D eigenvalue weighted by molar-refractivity contribution is 6.40. The Morgan fingerprint density at radius 3 is 2.52 bits per heavy atom. The molecular formula is C21H23Cl3N4O. The molecule has 1 aliphatic heterocycles. The SMILES string of the molecule is CCCCCNNC(=O)C1=NN(c2ccc(Cl)cc2Cl)C(c2ccc(Cl)cc2)C1. The summed E-state index contributed by atoms with van der Waals surface area (Å²) >= 11 is 18.5. The van der Waals surface area contributed by atoms with Gasteiger partial charge < -0.3 is 0 Å². The first kappa shape index (κ1) is 21.9. The standard InChI is InChI=1S/C21H23Cl3N4O/c1-2-3-4-11-25-26-21(29)18-13-20(14-5-7-15(22)8-6-14)28(27-18)19-10-9-16(23)12-17(19)24/h5-10,12,20,25H,2-4,11,13H2,1H3,(H,26,29). The highest BCUT2D eigenvalue weighted by atomic mass is 35.5. The van der Waals surface area contributed by atoms with Crippen LogP contribution in [0, 0.1) is 0 Å². The number of carbonyl (C=O) groups is 1. The molecule has 3 rings (SSSR count). The monoisotopic (exact) mass is 452 g/mol. The summed E-state index contributed by atoms with van der Waals surface area (Å²) in [7, 11) is 0. The molecule has 1 unspecified atom stereocenters. The minimum atomic E-state index is -0.243. The van der Waals surface area contributed by atoms with E-state index in [1.54, 1.807) is 23.2 Å². The number of amides is 1. The van der Waals surface area contributed by atoms with Crippen LogP contribution in [0.2, 0.25) is 15.1 Å². The summed E-state index contributed by atoms with van der Waals surface area (Å²) in [5.74, 6) is -0.243. The lowest BCUT2D eigenvalue weighted by molar-refractivity contribution is -0.115. The molecule has 2 aromatic rings. The Kier molecular flexibility index (Phi) is 7.78. The predicted molar refractivity (Wildman–Crippen MR) is 121 cm³/mol. The highest BCUT2D eigenvalue weighted by Gasteiger charge is 2.33. The lowest BCUT2D eigenvalue weighted by atomic mass is 10.0. The van der Waals surface area contributed by atoms with E-state index in [0.29, 0.717) is 32.9 Å². The normalized spacial score (nSPS) is 16.1. The Labute approximate surface area is 186 Å². The van der Waals surface area contributed by atoms with Gasteiger partial charge in [-0.1, -0.05) is 66.7 Å². The van der Waals surface area contributed by atoms with Gasteiger partial charge in [0.1, 0.15) is 5.71 Å². The van der Waals surface area contributed by atoms with Gasteiger partial charge in [-0.05, 0) is 42.3 Å². The van der Waals surface area contributed by atoms with Crippen LogP contribution in [0.5, 0.6) is 0 Å². The number of nitrogens with zero attached hydrogens (tertiary/aromatic N) is 2. The van der Waals surface area contributed by atoms with E-state index >= 15 is 0 Å². The number of hydrogen-bond acceptors (Lipinski definition) is 4. The van der Waals surface area contributed by atoms with Gasteiger partial charge in [0.15, 0.2) is 0 Å². The molecule has 0 saturated heterocycles. The molecule has 0 saturated carbocycles. The van der Waals surface area contributed by atoms with Gasteiger partial charge in [-0.2, -0.15) is 5.10 Å². The van der Waals surface area contributed by atoms with Crippen LogP contribution < -0.4 is 15.9 Å². The summed E-state index contributed by atoms with van der Waals surface area (Å²) in [5, 5.41) is 8.02. The van der Waals surface area contributed by atoms with Gasteiger partial charge in [-0.15, -0.1) is 0 Å². The van der Waals surface area contributed by atoms with Gasteiger partial charge in [0.05, 0.1) is 16.8 Å². The van der Waals surface area contributed by atoms with E-state index in [0.717, 1.165) is 31.4 Å². The van der Waals surface area contributed by atoms with E-state index in [-0.39, 0.29) is 11.9 Å². The lowest BCUT2D eigenvalue weighted by Gasteiger charge is -2.25. The van der Waals surface area contributed by atoms with Crippen molar-refractivity contribution in [3.8, 4) is 0 Å². The summed E-state index contributed by atoms with van der Waals surface area (Å²) in [4.78, 5) is 12.6. The zero-order chi connectivity index (χ0) is 20.8. The summed E-state index contributed by atoms with van der Waals surface area (Å²) in [5.41, 5.74) is 7.82. The van der Waals surface area contributed by atoms with Gasteiger partial charge in [-0.3, -0.25) is 15.2 Å². The molecule has 0 fully saturated rings. The molecular weight excluding hydrogens is 431 g/mol. The second-order valence-corrected chi connectivity index (χ2v) is 8.13. The topological polar surface area (TPSA) is 56.7 Å². The first-order valence-corrected chi connectivity index (χ1v) is 10.7. The van der Waals surface area contributed by atoms with E-state index < -0.39 is 0 Å². The van der Waals surface area contributed by atoms with E-state index in [9.17, 15) is 4.79 Å². The number of hydrazine groups is 1. The Hall–Kier alpha value is -1.79. The molecule has 2 N–H and O–H groups in total. The molecule has 154 valence electrons. The van der Waals surface area contributed by atoms with Crippen LogP contribution in [-0.4, -0.2) is 18.2 Å². The smallest absolute Gasteiger partial charge is 0.281 e. The van der Waals surface area contributed by atoms with Crippen molar-refractivity contribution < 1.29 is 4.79 Å². The Morgan fingerprint density at radius 2 is 1.83 bits per heavy atom. The number of hydrazone groups is 1. The maximum atomic E-state index is 12.6. The molecule has 1 amide bonds. The summed E-state index contributed by atoms with van der Waals surface area (Å²) < 4.78 is 0. The number of unbranched alkanes of at least 4 members (excludes halogenated alkanes) is 2. The second-order valence-electron chi connectivity index (χ2n) is 6.85. The minimum absolute atomic E-state index is 0.174. The van der Waals surface area contributed by atoms with Crippen molar-refractivity contribution >= 4 is 52.1 Å². The Bertz CT molecular complexity index is 886. The van der Waals surface area contributed by atoms with Crippen molar-refractivity contribution in [3.05, 3.63) is 63.1 Å². The summed E-state index contributed by atoms with van der Waals surface area (Å²) in [6.07, 6.45) is 3.69. The van der Waals surface area contributed by atoms with Crippen LogP contribution in [0.4, 0.5) is 5.69 Å². The number of benzene rings is 2. The average Bonchev–Trinajstić information content (AvgIpc) is 3.13. The molecule has 0 aromatic heterocycles. The van der Waals surface area contributed by atoms with E-state index in [2.05, 4.69) is 22.9 Å². The molecule has 2 aromatic carbocycles. The number of rotatable bonds is 8. The first-order valence-electron chi connectivity index (χ1n) is 9.60. The van der Waals surface area contributed by atoms with Crippen LogP contribution >= 0.6 is 34.8 Å². The quantitative estimate of drug-likeness (QED) is 0.394. The molecule has 8 heteroatoms. The molecule has 29 heavy (non-hydrogen) atoms. The van der Waals surface area contributed by atoms with Gasteiger partial charge in [0, 0.05) is 23.0 Å². The molecule has 1 atom stereocenters.